The van der Waals surface area contributed by atoms with E-state index in [1.807, 2.05) is 65.1 Å². The number of thioether (sulfide) groups is 1. The first-order valence-corrected chi connectivity index (χ1v) is 14.3. The van der Waals surface area contributed by atoms with Crippen molar-refractivity contribution in [2.45, 2.75) is 63.5 Å². The zero-order valence-corrected chi connectivity index (χ0v) is 25.5. The highest BCUT2D eigenvalue weighted by Crippen LogP contribution is 2.27. The predicted octanol–water partition coefficient (Wildman–Crippen LogP) is 7.34. The van der Waals surface area contributed by atoms with Gasteiger partial charge in [-0.25, -0.2) is 13.6 Å². The smallest absolute Gasteiger partial charge is 0.344 e. The van der Waals surface area contributed by atoms with E-state index in [4.69, 9.17) is 14.6 Å². The van der Waals surface area contributed by atoms with E-state index >= 15 is 0 Å². The van der Waals surface area contributed by atoms with Gasteiger partial charge in [0.2, 0.25) is 0 Å². The molecule has 0 aromatic heterocycles. The fourth-order valence-electron chi connectivity index (χ4n) is 3.46. The lowest BCUT2D eigenvalue weighted by Crippen LogP contribution is -2.27. The van der Waals surface area contributed by atoms with Crippen LogP contribution in [-0.2, 0) is 9.53 Å². The zero-order chi connectivity index (χ0) is 29.2. The van der Waals surface area contributed by atoms with Crippen molar-refractivity contribution in [1.82, 2.24) is 5.01 Å². The first kappa shape index (κ1) is 32.5. The average Bonchev–Trinajstić information content (AvgIpc) is 2.85. The number of halogens is 2. The van der Waals surface area contributed by atoms with E-state index in [-0.39, 0.29) is 18.5 Å². The number of carbonyl (C=O) groups excluding carboxylic acids is 1. The molecule has 2 aromatic carbocycles. The lowest BCUT2D eigenvalue weighted by atomic mass is 10.1. The third-order valence-electron chi connectivity index (χ3n) is 5.59. The highest BCUT2D eigenvalue weighted by atomic mass is 32.2. The number of hydrogen-bond acceptors (Lipinski definition) is 6. The Morgan fingerprint density at radius 2 is 1.97 bits per heavy atom. The predicted molar refractivity (Wildman–Crippen MR) is 161 cm³/mol. The van der Waals surface area contributed by atoms with E-state index in [1.165, 1.54) is 12.1 Å². The Morgan fingerprint density at radius 1 is 1.26 bits per heavy atom. The second kappa shape index (κ2) is 15.2. The summed E-state index contributed by atoms with van der Waals surface area (Å²) in [4.78, 5) is 13.0. The molecule has 3 atom stereocenters. The lowest BCUT2D eigenvalue weighted by molar-refractivity contribution is -0.157. The number of likely N-dealkylation sites (N-methyl/N-ethyl adjacent to an activating group) is 1. The van der Waals surface area contributed by atoms with Crippen LogP contribution < -0.4 is 4.74 Å². The molecule has 0 aliphatic rings. The summed E-state index contributed by atoms with van der Waals surface area (Å²) in [6.45, 7) is 12.8. The minimum atomic E-state index is -1.10. The molecule has 0 saturated carbocycles. The van der Waals surface area contributed by atoms with Crippen LogP contribution in [0.25, 0.3) is 0 Å². The van der Waals surface area contributed by atoms with Gasteiger partial charge in [-0.2, -0.15) is 5.10 Å². The highest BCUT2D eigenvalue weighted by Gasteiger charge is 2.17. The summed E-state index contributed by atoms with van der Waals surface area (Å²) in [7, 11) is 3.97. The van der Waals surface area contributed by atoms with Gasteiger partial charge in [-0.3, -0.25) is 5.01 Å². The molecule has 0 N–H and O–H groups in total. The van der Waals surface area contributed by atoms with Crippen LogP contribution in [-0.4, -0.2) is 53.7 Å². The van der Waals surface area contributed by atoms with Gasteiger partial charge in [0.1, 0.15) is 23.1 Å². The van der Waals surface area contributed by atoms with Crippen molar-refractivity contribution in [3.05, 3.63) is 83.7 Å². The van der Waals surface area contributed by atoms with Crippen LogP contribution in [0.5, 0.6) is 5.75 Å². The molecule has 5 nitrogen and oxygen atoms in total. The van der Waals surface area contributed by atoms with Crippen molar-refractivity contribution in [3.63, 3.8) is 0 Å². The second-order valence-electron chi connectivity index (χ2n) is 10.1. The Kier molecular flexibility index (Phi) is 12.7. The number of allylic oxidation sites excluding steroid dienone is 1. The highest BCUT2D eigenvalue weighted by molar-refractivity contribution is 8.00. The molecular formula is C30H39F2N2O3PS. The summed E-state index contributed by atoms with van der Waals surface area (Å²) in [5.41, 5.74) is 2.29. The molecule has 0 spiro atoms. The first-order valence-electron chi connectivity index (χ1n) is 12.6. The van der Waals surface area contributed by atoms with E-state index in [0.29, 0.717) is 34.8 Å². The summed E-state index contributed by atoms with van der Waals surface area (Å²) in [6.07, 6.45) is 4.14. The van der Waals surface area contributed by atoms with Gasteiger partial charge >= 0.3 is 5.97 Å². The third kappa shape index (κ3) is 11.5. The fourth-order valence-corrected chi connectivity index (χ4v) is 4.54. The minimum Gasteiger partial charge on any atom is -0.482 e. The van der Waals surface area contributed by atoms with Crippen molar-refractivity contribution in [2.24, 2.45) is 5.10 Å². The van der Waals surface area contributed by atoms with Crippen LogP contribution in [0.2, 0.25) is 0 Å². The van der Waals surface area contributed by atoms with Gasteiger partial charge in [0, 0.05) is 23.3 Å². The molecule has 0 heterocycles. The first-order chi connectivity index (χ1) is 18.3. The van der Waals surface area contributed by atoms with Gasteiger partial charge < -0.3 is 9.47 Å². The molecular weight excluding hydrogens is 537 g/mol. The summed E-state index contributed by atoms with van der Waals surface area (Å²) in [5.74, 6) is -0.795. The molecule has 0 radical (unpaired) electrons. The maximum Gasteiger partial charge on any atom is 0.344 e. The van der Waals surface area contributed by atoms with Crippen LogP contribution in [0, 0.1) is 12.7 Å². The molecule has 0 saturated heterocycles. The maximum absolute atomic E-state index is 14.1. The monoisotopic (exact) mass is 576 g/mol. The van der Waals surface area contributed by atoms with Crippen LogP contribution >= 0.6 is 21.0 Å². The molecule has 3 unspecified atom stereocenters. The van der Waals surface area contributed by atoms with Gasteiger partial charge in [-0.15, -0.1) is 18.3 Å². The van der Waals surface area contributed by atoms with E-state index < -0.39 is 17.5 Å². The van der Waals surface area contributed by atoms with Gasteiger partial charge in [0.15, 0.2) is 6.61 Å². The van der Waals surface area contributed by atoms with Crippen LogP contribution in [0.1, 0.15) is 45.2 Å². The fraction of sp³-hybridized carbons (Fsp3) is 0.400. The summed E-state index contributed by atoms with van der Waals surface area (Å²) in [5, 5.41) is 6.57. The van der Waals surface area contributed by atoms with Crippen molar-refractivity contribution in [1.29, 1.82) is 0 Å². The number of ether oxygens (including phenoxy) is 2. The Bertz CT molecular complexity index is 1190. The number of rotatable bonds is 13. The van der Waals surface area contributed by atoms with Gasteiger partial charge in [-0.05, 0) is 82.5 Å². The number of carbonyl (C=O) groups is 1. The van der Waals surface area contributed by atoms with Crippen molar-refractivity contribution < 1.29 is 23.0 Å². The molecule has 2 rings (SSSR count). The Labute approximate surface area is 237 Å². The molecule has 0 fully saturated rings. The molecule has 212 valence electrons. The Morgan fingerprint density at radius 3 is 2.56 bits per heavy atom. The molecule has 2 aromatic rings. The van der Waals surface area contributed by atoms with Crippen LogP contribution in [0.15, 0.2) is 76.8 Å². The summed E-state index contributed by atoms with van der Waals surface area (Å²) >= 11 is 1.55. The molecule has 39 heavy (non-hydrogen) atoms. The van der Waals surface area contributed by atoms with Gasteiger partial charge in [-0.1, -0.05) is 33.5 Å². The molecule has 0 bridgehead atoms. The summed E-state index contributed by atoms with van der Waals surface area (Å²) < 4.78 is 38.6. The Balaban J connectivity index is 2.18. The van der Waals surface area contributed by atoms with Crippen molar-refractivity contribution in [3.8, 4) is 5.75 Å². The standard InChI is InChI=1S/C30H39F2N2O3PS/c1-8-24(13-12-20(2)29(32)38)34(7)33-26(22-10-9-11-23(31)17-22)19-39-25-14-15-27(21(3)16-25)36-18-28(35)37-30(4,5)6/h8-12,14-17,24,29H,1,13,18-19,38H2,2-7H3/b20-12+,33-26-. The van der Waals surface area contributed by atoms with E-state index in [0.717, 1.165) is 10.5 Å². The second-order valence-corrected chi connectivity index (χ2v) is 11.7. The van der Waals surface area contributed by atoms with E-state index in [9.17, 15) is 13.6 Å². The third-order valence-corrected chi connectivity index (χ3v) is 7.12. The van der Waals surface area contributed by atoms with Crippen LogP contribution in [0.3, 0.4) is 0 Å². The van der Waals surface area contributed by atoms with Gasteiger partial charge in [0.05, 0.1) is 11.8 Å². The quantitative estimate of drug-likeness (QED) is 0.0624. The molecule has 9 heteroatoms. The van der Waals surface area contributed by atoms with Gasteiger partial charge in [0.25, 0.3) is 0 Å². The largest absolute Gasteiger partial charge is 0.482 e. The van der Waals surface area contributed by atoms with E-state index in [2.05, 4.69) is 15.8 Å². The lowest BCUT2D eigenvalue weighted by Gasteiger charge is -2.23. The number of esters is 1. The number of nitrogens with zero attached hydrogens (tertiary/aromatic N) is 2. The molecule has 0 aliphatic carbocycles. The van der Waals surface area contributed by atoms with Crippen LogP contribution in [0.4, 0.5) is 8.78 Å². The topological polar surface area (TPSA) is 51.1 Å². The SMILES string of the molecule is C=CC(C/C=C(\C)C(F)P)N(C)/N=C(/CSc1ccc(OCC(=O)OC(C)(C)C)c(C)c1)c1cccc(F)c1. The molecule has 0 aliphatic heterocycles. The Hall–Kier alpha value is -2.70. The summed E-state index contributed by atoms with van der Waals surface area (Å²) in [6, 6.07) is 11.9. The maximum atomic E-state index is 14.1. The normalized spacial score (nSPS) is 14.0. The van der Waals surface area contributed by atoms with Crippen molar-refractivity contribution in [2.75, 3.05) is 19.4 Å². The number of benzene rings is 2. The average molecular weight is 577 g/mol. The number of aryl methyl sites for hydroxylation is 1. The number of hydrogen-bond donors (Lipinski definition) is 0. The minimum absolute atomic E-state index is 0.166. The zero-order valence-electron chi connectivity index (χ0n) is 23.5. The molecule has 0 amide bonds. The van der Waals surface area contributed by atoms with Crippen molar-refractivity contribution >= 4 is 32.7 Å². The number of hydrazone groups is 1. The van der Waals surface area contributed by atoms with E-state index in [1.54, 1.807) is 35.8 Å². The number of alkyl halides is 1.